The number of aryl methyl sites for hydroxylation is 1. The van der Waals surface area contributed by atoms with Crippen molar-refractivity contribution >= 4 is 5.91 Å². The molecule has 2 aliphatic heterocycles. The molecule has 1 atom stereocenters. The van der Waals surface area contributed by atoms with E-state index in [2.05, 4.69) is 41.8 Å². The van der Waals surface area contributed by atoms with E-state index >= 15 is 0 Å². The van der Waals surface area contributed by atoms with Crippen molar-refractivity contribution in [3.8, 4) is 0 Å². The summed E-state index contributed by atoms with van der Waals surface area (Å²) < 4.78 is 2.02. The zero-order valence-electron chi connectivity index (χ0n) is 15.2. The second-order valence-electron chi connectivity index (χ2n) is 7.40. The van der Waals surface area contributed by atoms with Gasteiger partial charge in [-0.3, -0.25) is 9.48 Å². The van der Waals surface area contributed by atoms with Gasteiger partial charge in [0.2, 0.25) is 5.91 Å². The molecule has 3 heterocycles. The lowest BCUT2D eigenvalue weighted by atomic mass is 9.77. The third kappa shape index (κ3) is 3.49. The molecule has 1 aromatic rings. The first-order chi connectivity index (χ1) is 11.5. The molecule has 134 valence electrons. The average Bonchev–Trinajstić information content (AvgIpc) is 3.10. The number of rotatable bonds is 5. The summed E-state index contributed by atoms with van der Waals surface area (Å²) in [4.78, 5) is 12.5. The molecule has 1 spiro atoms. The largest absolute Gasteiger partial charge is 0.353 e. The van der Waals surface area contributed by atoms with Gasteiger partial charge in [-0.15, -0.1) is 0 Å². The first-order valence-electron chi connectivity index (χ1n) is 9.29. The summed E-state index contributed by atoms with van der Waals surface area (Å²) in [6.07, 6.45) is 4.33. The highest BCUT2D eigenvalue weighted by atomic mass is 16.2. The van der Waals surface area contributed by atoms with Gasteiger partial charge in [0, 0.05) is 18.8 Å². The summed E-state index contributed by atoms with van der Waals surface area (Å²) in [6.45, 7) is 10.8. The Balaban J connectivity index is 1.48. The van der Waals surface area contributed by atoms with Gasteiger partial charge in [0.1, 0.15) is 0 Å². The lowest BCUT2D eigenvalue weighted by Crippen LogP contribution is -2.41. The number of aromatic nitrogens is 2. The molecule has 2 fully saturated rings. The van der Waals surface area contributed by atoms with Crippen LogP contribution in [-0.2, 0) is 17.8 Å². The summed E-state index contributed by atoms with van der Waals surface area (Å²) in [6, 6.07) is -0.0326. The van der Waals surface area contributed by atoms with Crippen LogP contribution in [0.2, 0.25) is 0 Å². The Hall–Kier alpha value is -1.40. The number of hydrogen-bond acceptors (Lipinski definition) is 4. The number of carbonyl (C=O) groups is 1. The van der Waals surface area contributed by atoms with Gasteiger partial charge in [0.05, 0.1) is 18.3 Å². The molecule has 0 radical (unpaired) electrons. The molecule has 2 saturated heterocycles. The topological polar surface area (TPSA) is 71.0 Å². The van der Waals surface area contributed by atoms with Crippen LogP contribution in [0.25, 0.3) is 0 Å². The van der Waals surface area contributed by atoms with E-state index in [0.717, 1.165) is 44.7 Å². The Kier molecular flexibility index (Phi) is 5.25. The Bertz CT molecular complexity index is 588. The van der Waals surface area contributed by atoms with Crippen molar-refractivity contribution in [1.29, 1.82) is 0 Å². The summed E-state index contributed by atoms with van der Waals surface area (Å²) in [5.74, 6) is 0.141. The van der Waals surface area contributed by atoms with E-state index in [4.69, 9.17) is 0 Å². The fraction of sp³-hybridized carbons (Fsp3) is 0.778. The molecule has 0 bridgehead atoms. The minimum Gasteiger partial charge on any atom is -0.353 e. The second-order valence-corrected chi connectivity index (χ2v) is 7.40. The Morgan fingerprint density at radius 3 is 2.79 bits per heavy atom. The summed E-state index contributed by atoms with van der Waals surface area (Å²) >= 11 is 0. The Morgan fingerprint density at radius 1 is 1.38 bits per heavy atom. The third-order valence-corrected chi connectivity index (χ3v) is 5.85. The van der Waals surface area contributed by atoms with E-state index in [-0.39, 0.29) is 11.9 Å². The van der Waals surface area contributed by atoms with Gasteiger partial charge in [-0.1, -0.05) is 6.92 Å². The molecule has 0 aromatic carbocycles. The SMILES string of the molecule is CCc1c(C)nn(CCNC(=O)C2CC3(CCNCC3)CN2)c1C. The molecule has 3 rings (SSSR count). The predicted molar refractivity (Wildman–Crippen MR) is 95.0 cm³/mol. The van der Waals surface area contributed by atoms with E-state index in [0.29, 0.717) is 12.0 Å². The summed E-state index contributed by atoms with van der Waals surface area (Å²) in [7, 11) is 0. The van der Waals surface area contributed by atoms with E-state index in [1.54, 1.807) is 0 Å². The lowest BCUT2D eigenvalue weighted by Gasteiger charge is -2.33. The zero-order valence-corrected chi connectivity index (χ0v) is 15.2. The standard InChI is InChI=1S/C18H31N5O/c1-4-15-13(2)22-23(14(15)3)10-9-20-17(24)16-11-18(12-21-16)5-7-19-8-6-18/h16,19,21H,4-12H2,1-3H3,(H,20,24). The van der Waals surface area contributed by atoms with Gasteiger partial charge in [-0.05, 0) is 63.6 Å². The first kappa shape index (κ1) is 17.4. The smallest absolute Gasteiger partial charge is 0.237 e. The fourth-order valence-electron chi connectivity index (χ4n) is 4.31. The molecule has 24 heavy (non-hydrogen) atoms. The van der Waals surface area contributed by atoms with Crippen LogP contribution in [0.4, 0.5) is 0 Å². The molecule has 2 aliphatic rings. The molecule has 1 aromatic heterocycles. The fourth-order valence-corrected chi connectivity index (χ4v) is 4.31. The monoisotopic (exact) mass is 333 g/mol. The number of amides is 1. The van der Waals surface area contributed by atoms with E-state index in [1.807, 2.05) is 4.68 Å². The first-order valence-corrected chi connectivity index (χ1v) is 9.29. The Morgan fingerprint density at radius 2 is 2.12 bits per heavy atom. The van der Waals surface area contributed by atoms with E-state index < -0.39 is 0 Å². The molecular formula is C18H31N5O. The van der Waals surface area contributed by atoms with Crippen LogP contribution >= 0.6 is 0 Å². The zero-order chi connectivity index (χ0) is 17.2. The van der Waals surface area contributed by atoms with Crippen LogP contribution in [0.15, 0.2) is 0 Å². The average molecular weight is 333 g/mol. The minimum absolute atomic E-state index is 0.0326. The van der Waals surface area contributed by atoms with Crippen molar-refractivity contribution in [3.05, 3.63) is 17.0 Å². The number of hydrogen-bond donors (Lipinski definition) is 3. The second kappa shape index (κ2) is 7.23. The predicted octanol–water partition coefficient (Wildman–Crippen LogP) is 0.910. The van der Waals surface area contributed by atoms with Gasteiger partial charge >= 0.3 is 0 Å². The number of nitrogens with zero attached hydrogens (tertiary/aromatic N) is 2. The molecule has 1 amide bonds. The minimum atomic E-state index is -0.0326. The van der Waals surface area contributed by atoms with E-state index in [1.165, 1.54) is 24.1 Å². The van der Waals surface area contributed by atoms with Crippen LogP contribution in [-0.4, -0.2) is 47.9 Å². The summed E-state index contributed by atoms with van der Waals surface area (Å²) in [5, 5.41) is 14.5. The third-order valence-electron chi connectivity index (χ3n) is 5.85. The number of nitrogens with one attached hydrogen (secondary N) is 3. The van der Waals surface area contributed by atoms with Crippen LogP contribution in [0.1, 0.15) is 43.1 Å². The molecule has 0 saturated carbocycles. The van der Waals surface area contributed by atoms with Crippen molar-refractivity contribution in [2.75, 3.05) is 26.2 Å². The molecule has 0 aliphatic carbocycles. The quantitative estimate of drug-likeness (QED) is 0.749. The summed E-state index contributed by atoms with van der Waals surface area (Å²) in [5.41, 5.74) is 3.98. The maximum absolute atomic E-state index is 12.5. The molecule has 6 heteroatoms. The van der Waals surface area contributed by atoms with E-state index in [9.17, 15) is 4.79 Å². The van der Waals surface area contributed by atoms with Gasteiger partial charge in [-0.25, -0.2) is 0 Å². The number of carbonyl (C=O) groups excluding carboxylic acids is 1. The maximum Gasteiger partial charge on any atom is 0.237 e. The lowest BCUT2D eigenvalue weighted by molar-refractivity contribution is -0.123. The van der Waals surface area contributed by atoms with Gasteiger partial charge in [0.25, 0.3) is 0 Å². The number of piperidine rings is 1. The van der Waals surface area contributed by atoms with Crippen molar-refractivity contribution < 1.29 is 4.79 Å². The van der Waals surface area contributed by atoms with Crippen LogP contribution in [0, 0.1) is 19.3 Å². The van der Waals surface area contributed by atoms with Crippen molar-refractivity contribution in [1.82, 2.24) is 25.7 Å². The highest BCUT2D eigenvalue weighted by Crippen LogP contribution is 2.37. The highest BCUT2D eigenvalue weighted by Gasteiger charge is 2.41. The molecule has 1 unspecified atom stereocenters. The van der Waals surface area contributed by atoms with Crippen molar-refractivity contribution in [2.24, 2.45) is 5.41 Å². The van der Waals surface area contributed by atoms with Crippen LogP contribution < -0.4 is 16.0 Å². The van der Waals surface area contributed by atoms with Gasteiger partial charge < -0.3 is 16.0 Å². The van der Waals surface area contributed by atoms with Gasteiger partial charge in [-0.2, -0.15) is 5.10 Å². The van der Waals surface area contributed by atoms with Crippen molar-refractivity contribution in [3.63, 3.8) is 0 Å². The van der Waals surface area contributed by atoms with Gasteiger partial charge in [0.15, 0.2) is 0 Å². The van der Waals surface area contributed by atoms with Crippen LogP contribution in [0.3, 0.4) is 0 Å². The molecule has 3 N–H and O–H groups in total. The Labute approximate surface area is 144 Å². The highest BCUT2D eigenvalue weighted by molar-refractivity contribution is 5.82. The normalized spacial score (nSPS) is 22.9. The van der Waals surface area contributed by atoms with Crippen molar-refractivity contribution in [2.45, 2.75) is 59.0 Å². The molecule has 6 nitrogen and oxygen atoms in total. The van der Waals surface area contributed by atoms with Crippen LogP contribution in [0.5, 0.6) is 0 Å². The maximum atomic E-state index is 12.5. The molecular weight excluding hydrogens is 302 g/mol.